The van der Waals surface area contributed by atoms with E-state index in [1.807, 2.05) is 0 Å². The molecule has 0 spiro atoms. The maximum atomic E-state index is 12.6. The molecule has 3 N–H and O–H groups in total. The van der Waals surface area contributed by atoms with Gasteiger partial charge in [-0.2, -0.15) is 0 Å². The van der Waals surface area contributed by atoms with Gasteiger partial charge in [0.2, 0.25) is 0 Å². The largest absolute Gasteiger partial charge is 0.472 e. The fraction of sp³-hybridized carbons (Fsp3) is 0.957. The van der Waals surface area contributed by atoms with Gasteiger partial charge in [-0.15, -0.1) is 0 Å². The fourth-order valence-corrected chi connectivity index (χ4v) is 7.84. The van der Waals surface area contributed by atoms with Crippen molar-refractivity contribution in [2.45, 2.75) is 257 Å². The van der Waals surface area contributed by atoms with Crippen LogP contribution < -0.4 is 0 Å². The third kappa shape index (κ3) is 42.9. The van der Waals surface area contributed by atoms with Crippen molar-refractivity contribution in [3.63, 3.8) is 0 Å². The highest BCUT2D eigenvalue weighted by Gasteiger charge is 2.27. The summed E-state index contributed by atoms with van der Waals surface area (Å²) in [5.74, 6) is -0.907. The lowest BCUT2D eigenvalue weighted by Gasteiger charge is -2.20. The lowest BCUT2D eigenvalue weighted by molar-refractivity contribution is -0.161. The molecule has 0 aliphatic heterocycles. The normalized spacial score (nSPS) is 13.7. The second kappa shape index (κ2) is 43.1. The molecule has 3 atom stereocenters. The van der Waals surface area contributed by atoms with Gasteiger partial charge in [-0.3, -0.25) is 18.6 Å². The number of unbranched alkanes of at least 4 members (excludes halogenated alkanes) is 32. The maximum Gasteiger partial charge on any atom is 0.472 e. The highest BCUT2D eigenvalue weighted by Crippen LogP contribution is 2.43. The molecule has 3 unspecified atom stereocenters. The van der Waals surface area contributed by atoms with Gasteiger partial charge in [0, 0.05) is 12.8 Å². The summed E-state index contributed by atoms with van der Waals surface area (Å²) in [7, 11) is -4.61. The number of esters is 2. The zero-order valence-corrected chi connectivity index (χ0v) is 38.0. The van der Waals surface area contributed by atoms with Crippen LogP contribution in [0.2, 0.25) is 0 Å². The Morgan fingerprint density at radius 1 is 0.456 bits per heavy atom. The zero-order valence-electron chi connectivity index (χ0n) is 37.1. The second-order valence-corrected chi connectivity index (χ2v) is 18.0. The standard InChI is InChI=1S/C46H91O10P/c1-3-5-7-9-11-13-15-17-18-19-20-21-22-23-24-25-26-28-30-32-34-36-38-46(50)56-44(42-55-57(51,52)54-40-43(48)39-47)41-53-45(49)37-35-33-31-29-27-16-14-12-10-8-6-4-2/h43-44,47-48H,3-42H2,1-2H3,(H,51,52). The van der Waals surface area contributed by atoms with E-state index in [1.54, 1.807) is 0 Å². The molecule has 0 aliphatic rings. The van der Waals surface area contributed by atoms with Crippen molar-refractivity contribution in [3.8, 4) is 0 Å². The number of carbonyl (C=O) groups excluding carboxylic acids is 2. The molecule has 0 aromatic heterocycles. The van der Waals surface area contributed by atoms with Gasteiger partial charge in [-0.05, 0) is 12.8 Å². The third-order valence-electron chi connectivity index (χ3n) is 10.8. The number of hydrogen-bond donors (Lipinski definition) is 3. The Morgan fingerprint density at radius 2 is 0.754 bits per heavy atom. The van der Waals surface area contributed by atoms with Gasteiger partial charge in [0.05, 0.1) is 19.8 Å². The first-order chi connectivity index (χ1) is 27.7. The van der Waals surface area contributed by atoms with Crippen LogP contribution in [0.4, 0.5) is 0 Å². The van der Waals surface area contributed by atoms with E-state index >= 15 is 0 Å². The quantitative estimate of drug-likeness (QED) is 0.0307. The Balaban J connectivity index is 4.11. The molecule has 57 heavy (non-hydrogen) atoms. The van der Waals surface area contributed by atoms with Crippen LogP contribution in [0.25, 0.3) is 0 Å². The summed E-state index contributed by atoms with van der Waals surface area (Å²) in [5.41, 5.74) is 0. The molecule has 0 heterocycles. The molecule has 0 fully saturated rings. The molecule has 0 aliphatic carbocycles. The lowest BCUT2D eigenvalue weighted by Crippen LogP contribution is -2.29. The van der Waals surface area contributed by atoms with E-state index in [2.05, 4.69) is 13.8 Å². The monoisotopic (exact) mass is 835 g/mol. The van der Waals surface area contributed by atoms with Gasteiger partial charge < -0.3 is 24.6 Å². The van der Waals surface area contributed by atoms with E-state index in [0.29, 0.717) is 12.8 Å². The van der Waals surface area contributed by atoms with Gasteiger partial charge >= 0.3 is 19.8 Å². The SMILES string of the molecule is CCCCCCCCCCCCCCCCCCCCCCCCC(=O)OC(COC(=O)CCCCCCCCCCCCCC)COP(=O)(O)OCC(O)CO. The van der Waals surface area contributed by atoms with Crippen molar-refractivity contribution >= 4 is 19.8 Å². The van der Waals surface area contributed by atoms with Crippen LogP contribution in [-0.2, 0) is 32.7 Å². The molecule has 0 aromatic rings. The fourth-order valence-electron chi connectivity index (χ4n) is 7.05. The number of hydrogen-bond acceptors (Lipinski definition) is 9. The summed E-state index contributed by atoms with van der Waals surface area (Å²) in [6, 6.07) is 0. The van der Waals surface area contributed by atoms with Crippen molar-refractivity contribution in [3.05, 3.63) is 0 Å². The number of aliphatic hydroxyl groups is 2. The Labute approximate surface area is 350 Å². The number of phosphoric ester groups is 1. The molecule has 0 rings (SSSR count). The van der Waals surface area contributed by atoms with Crippen LogP contribution >= 0.6 is 7.82 Å². The average molecular weight is 835 g/mol. The molecule has 0 bridgehead atoms. The Kier molecular flexibility index (Phi) is 42.3. The predicted molar refractivity (Wildman–Crippen MR) is 233 cm³/mol. The second-order valence-electron chi connectivity index (χ2n) is 16.5. The summed E-state index contributed by atoms with van der Waals surface area (Å²) < 4.78 is 32.8. The number of ether oxygens (including phenoxy) is 2. The summed E-state index contributed by atoms with van der Waals surface area (Å²) in [6.45, 7) is 2.43. The molecule has 0 saturated carbocycles. The van der Waals surface area contributed by atoms with Gasteiger partial charge in [0.1, 0.15) is 12.7 Å². The Morgan fingerprint density at radius 3 is 1.09 bits per heavy atom. The van der Waals surface area contributed by atoms with Crippen molar-refractivity contribution in [2.75, 3.05) is 26.4 Å². The van der Waals surface area contributed by atoms with Crippen LogP contribution in [0.15, 0.2) is 0 Å². The third-order valence-corrected chi connectivity index (χ3v) is 11.7. The molecule has 340 valence electrons. The maximum absolute atomic E-state index is 12.6. The molecule has 0 amide bonds. The molecule has 10 nitrogen and oxygen atoms in total. The zero-order chi connectivity index (χ0) is 41.9. The first kappa shape index (κ1) is 56.0. The summed E-state index contributed by atoms with van der Waals surface area (Å²) >= 11 is 0. The molecule has 0 aromatic carbocycles. The number of carbonyl (C=O) groups is 2. The summed E-state index contributed by atoms with van der Waals surface area (Å²) in [5, 5.41) is 18.3. The molecule has 0 radical (unpaired) electrons. The predicted octanol–water partition coefficient (Wildman–Crippen LogP) is 13.0. The van der Waals surface area contributed by atoms with E-state index in [4.69, 9.17) is 23.6 Å². The van der Waals surface area contributed by atoms with E-state index in [-0.39, 0.29) is 19.4 Å². The minimum atomic E-state index is -4.61. The highest BCUT2D eigenvalue weighted by molar-refractivity contribution is 7.47. The van der Waals surface area contributed by atoms with Crippen LogP contribution in [0.3, 0.4) is 0 Å². The first-order valence-corrected chi connectivity index (χ1v) is 25.5. The van der Waals surface area contributed by atoms with Crippen molar-refractivity contribution in [1.29, 1.82) is 0 Å². The number of aliphatic hydroxyl groups excluding tert-OH is 2. The van der Waals surface area contributed by atoms with Crippen molar-refractivity contribution in [2.24, 2.45) is 0 Å². The number of rotatable bonds is 46. The lowest BCUT2D eigenvalue weighted by atomic mass is 10.0. The Hall–Kier alpha value is -1.03. The molecule has 11 heteroatoms. The minimum absolute atomic E-state index is 0.193. The average Bonchev–Trinajstić information content (AvgIpc) is 3.20. The van der Waals surface area contributed by atoms with Crippen molar-refractivity contribution in [1.82, 2.24) is 0 Å². The molecular formula is C46H91O10P. The van der Waals surface area contributed by atoms with Crippen LogP contribution in [0.1, 0.15) is 245 Å². The first-order valence-electron chi connectivity index (χ1n) is 24.0. The van der Waals surface area contributed by atoms with E-state index in [1.165, 1.54) is 167 Å². The van der Waals surface area contributed by atoms with Gasteiger partial charge in [-0.1, -0.05) is 219 Å². The van der Waals surface area contributed by atoms with Crippen LogP contribution in [0, 0.1) is 0 Å². The van der Waals surface area contributed by atoms with Gasteiger partial charge in [0.15, 0.2) is 6.10 Å². The Bertz CT molecular complexity index is 920. The van der Waals surface area contributed by atoms with Crippen LogP contribution in [0.5, 0.6) is 0 Å². The summed E-state index contributed by atoms with van der Waals surface area (Å²) in [4.78, 5) is 35.0. The van der Waals surface area contributed by atoms with Gasteiger partial charge in [0.25, 0.3) is 0 Å². The minimum Gasteiger partial charge on any atom is -0.462 e. The van der Waals surface area contributed by atoms with E-state index in [9.17, 15) is 24.2 Å². The summed E-state index contributed by atoms with van der Waals surface area (Å²) in [6.07, 6.45) is 40.7. The van der Waals surface area contributed by atoms with Crippen LogP contribution in [-0.4, -0.2) is 65.7 Å². The number of phosphoric acid groups is 1. The highest BCUT2D eigenvalue weighted by atomic mass is 31.2. The van der Waals surface area contributed by atoms with Crippen molar-refractivity contribution < 1.29 is 47.8 Å². The molecule has 0 saturated heterocycles. The van der Waals surface area contributed by atoms with E-state index < -0.39 is 51.8 Å². The molecular weight excluding hydrogens is 743 g/mol. The topological polar surface area (TPSA) is 149 Å². The van der Waals surface area contributed by atoms with Gasteiger partial charge in [-0.25, -0.2) is 4.57 Å². The van der Waals surface area contributed by atoms with E-state index in [0.717, 1.165) is 38.5 Å². The smallest absolute Gasteiger partial charge is 0.462 e.